The van der Waals surface area contributed by atoms with E-state index >= 15 is 0 Å². The van der Waals surface area contributed by atoms with Crippen LogP contribution in [-0.2, 0) is 0 Å². The first kappa shape index (κ1) is 20.0. The summed E-state index contributed by atoms with van der Waals surface area (Å²) >= 11 is 0. The predicted molar refractivity (Wildman–Crippen MR) is 107 cm³/mol. The average Bonchev–Trinajstić information content (AvgIpc) is 3.27. The number of carbonyl (C=O) groups is 1. The maximum absolute atomic E-state index is 13.6. The Bertz CT molecular complexity index is 1110. The van der Waals surface area contributed by atoms with E-state index in [1.807, 2.05) is 0 Å². The number of oxazole rings is 1. The molecule has 0 saturated carbocycles. The van der Waals surface area contributed by atoms with Crippen LogP contribution < -0.4 is 10.1 Å². The summed E-state index contributed by atoms with van der Waals surface area (Å²) < 4.78 is 37.7. The van der Waals surface area contributed by atoms with Crippen molar-refractivity contribution in [3.8, 4) is 5.75 Å². The van der Waals surface area contributed by atoms with E-state index in [1.165, 1.54) is 25.8 Å². The Morgan fingerprint density at radius 2 is 2.13 bits per heavy atom. The highest BCUT2D eigenvalue weighted by atomic mass is 19.3. The molecule has 156 valence electrons. The molecule has 0 radical (unpaired) electrons. The Labute approximate surface area is 172 Å². The van der Waals surface area contributed by atoms with Crippen molar-refractivity contribution >= 4 is 22.4 Å². The zero-order chi connectivity index (χ0) is 21.3. The number of halogens is 2. The van der Waals surface area contributed by atoms with E-state index < -0.39 is 12.0 Å². The van der Waals surface area contributed by atoms with E-state index in [1.54, 1.807) is 31.2 Å². The second kappa shape index (κ2) is 7.85. The van der Waals surface area contributed by atoms with Crippen LogP contribution in [0.4, 0.5) is 8.78 Å². The maximum Gasteiger partial charge on any atom is 0.253 e. The van der Waals surface area contributed by atoms with E-state index in [2.05, 4.69) is 15.3 Å². The number of allylic oxidation sites excluding steroid dienone is 2. The number of benzene rings is 1. The van der Waals surface area contributed by atoms with Crippen molar-refractivity contribution < 1.29 is 22.7 Å². The van der Waals surface area contributed by atoms with Gasteiger partial charge in [-0.25, -0.2) is 13.8 Å². The van der Waals surface area contributed by atoms with Gasteiger partial charge in [0.05, 0.1) is 24.4 Å². The molecule has 1 N–H and O–H groups in total. The summed E-state index contributed by atoms with van der Waals surface area (Å²) in [5.41, 5.74) is 2.57. The van der Waals surface area contributed by atoms with Gasteiger partial charge in [0.1, 0.15) is 18.1 Å². The summed E-state index contributed by atoms with van der Waals surface area (Å²) in [5.74, 6) is -2.02. The number of fused-ring (bicyclic) bond motifs is 1. The van der Waals surface area contributed by atoms with Crippen molar-refractivity contribution in [3.63, 3.8) is 0 Å². The topological polar surface area (TPSA) is 77.2 Å². The molecule has 1 aliphatic rings. The Balaban J connectivity index is 1.67. The monoisotopic (exact) mass is 413 g/mol. The maximum atomic E-state index is 13.6. The van der Waals surface area contributed by atoms with Gasteiger partial charge in [0.2, 0.25) is 5.89 Å². The number of nitrogens with zero attached hydrogens (tertiary/aromatic N) is 2. The molecule has 0 saturated heterocycles. The molecule has 0 aliphatic heterocycles. The van der Waals surface area contributed by atoms with Gasteiger partial charge in [-0.05, 0) is 37.1 Å². The van der Waals surface area contributed by atoms with Crippen LogP contribution in [0.5, 0.6) is 5.75 Å². The molecule has 30 heavy (non-hydrogen) atoms. The van der Waals surface area contributed by atoms with E-state index in [9.17, 15) is 13.6 Å². The molecule has 6 nitrogen and oxygen atoms in total. The van der Waals surface area contributed by atoms with Gasteiger partial charge in [0.25, 0.3) is 11.8 Å². The molecule has 0 unspecified atom stereocenters. The third kappa shape index (κ3) is 4.03. The van der Waals surface area contributed by atoms with Gasteiger partial charge < -0.3 is 14.5 Å². The van der Waals surface area contributed by atoms with Gasteiger partial charge in [-0.15, -0.1) is 0 Å². The van der Waals surface area contributed by atoms with Gasteiger partial charge >= 0.3 is 0 Å². The van der Waals surface area contributed by atoms with Crippen molar-refractivity contribution in [2.24, 2.45) is 0 Å². The molecule has 1 aromatic carbocycles. The molecule has 4 rings (SSSR count). The number of methoxy groups -OCH3 is 1. The van der Waals surface area contributed by atoms with E-state index in [-0.39, 0.29) is 25.2 Å². The Morgan fingerprint density at radius 3 is 2.80 bits per heavy atom. The largest absolute Gasteiger partial charge is 0.497 e. The van der Waals surface area contributed by atoms with Crippen LogP contribution in [0, 0.1) is 0 Å². The van der Waals surface area contributed by atoms with E-state index in [0.717, 1.165) is 11.1 Å². The molecule has 8 heteroatoms. The van der Waals surface area contributed by atoms with Gasteiger partial charge in [-0.1, -0.05) is 6.08 Å². The molecular formula is C22H21F2N3O3. The number of pyridine rings is 1. The highest BCUT2D eigenvalue weighted by Crippen LogP contribution is 2.39. The number of aromatic nitrogens is 2. The average molecular weight is 413 g/mol. The minimum absolute atomic E-state index is 0.198. The number of alkyl halides is 2. The number of hydrogen-bond acceptors (Lipinski definition) is 5. The summed E-state index contributed by atoms with van der Waals surface area (Å²) in [7, 11) is 1.54. The molecule has 2 heterocycles. The Morgan fingerprint density at radius 1 is 1.30 bits per heavy atom. The van der Waals surface area contributed by atoms with Crippen LogP contribution in [0.15, 0.2) is 47.3 Å². The predicted octanol–water partition coefficient (Wildman–Crippen LogP) is 4.93. The number of nitrogens with one attached hydrogen (secondary N) is 1. The summed E-state index contributed by atoms with van der Waals surface area (Å²) in [6.07, 6.45) is 5.77. The number of ether oxygens (including phenoxy) is 1. The summed E-state index contributed by atoms with van der Waals surface area (Å²) in [5, 5.41) is 3.51. The number of hydrogen-bond donors (Lipinski definition) is 1. The van der Waals surface area contributed by atoms with Gasteiger partial charge in [0.15, 0.2) is 0 Å². The SMILES string of the molecule is COc1cc(C2=CCC(F)(F)CC2)c2ncc(C(=O)N[C@H](C)c3ncco3)cc2c1. The molecule has 0 spiro atoms. The minimum atomic E-state index is -2.67. The van der Waals surface area contributed by atoms with Crippen LogP contribution in [0.3, 0.4) is 0 Å². The molecule has 1 atom stereocenters. The fourth-order valence-electron chi connectivity index (χ4n) is 3.54. The lowest BCUT2D eigenvalue weighted by atomic mass is 9.90. The molecule has 0 fully saturated rings. The van der Waals surface area contributed by atoms with Crippen molar-refractivity contribution in [1.29, 1.82) is 0 Å². The zero-order valence-corrected chi connectivity index (χ0v) is 16.6. The normalized spacial score (nSPS) is 16.7. The number of carbonyl (C=O) groups excluding carboxylic acids is 1. The fourth-order valence-corrected chi connectivity index (χ4v) is 3.54. The highest BCUT2D eigenvalue weighted by molar-refractivity contribution is 6.00. The highest BCUT2D eigenvalue weighted by Gasteiger charge is 2.31. The summed E-state index contributed by atoms with van der Waals surface area (Å²) in [6.45, 7) is 1.77. The molecule has 2 aromatic heterocycles. The third-order valence-corrected chi connectivity index (χ3v) is 5.18. The van der Waals surface area contributed by atoms with Crippen LogP contribution in [0.2, 0.25) is 0 Å². The van der Waals surface area contributed by atoms with Crippen LogP contribution in [0.25, 0.3) is 16.5 Å². The van der Waals surface area contributed by atoms with Crippen molar-refractivity contribution in [2.75, 3.05) is 7.11 Å². The zero-order valence-electron chi connectivity index (χ0n) is 16.6. The second-order valence-corrected chi connectivity index (χ2v) is 7.33. The minimum Gasteiger partial charge on any atom is -0.497 e. The Kier molecular flexibility index (Phi) is 5.24. The third-order valence-electron chi connectivity index (χ3n) is 5.18. The van der Waals surface area contributed by atoms with Crippen molar-refractivity contribution in [1.82, 2.24) is 15.3 Å². The lowest BCUT2D eigenvalue weighted by Crippen LogP contribution is -2.27. The Hall–Kier alpha value is -3.29. The van der Waals surface area contributed by atoms with E-state index in [0.29, 0.717) is 28.1 Å². The quantitative estimate of drug-likeness (QED) is 0.642. The number of amides is 1. The summed E-state index contributed by atoms with van der Waals surface area (Å²) in [4.78, 5) is 21.2. The van der Waals surface area contributed by atoms with Crippen LogP contribution in [0.1, 0.15) is 54.0 Å². The number of rotatable bonds is 5. The van der Waals surface area contributed by atoms with Crippen molar-refractivity contribution in [2.45, 2.75) is 38.2 Å². The lowest BCUT2D eigenvalue weighted by molar-refractivity contribution is -0.00602. The summed E-state index contributed by atoms with van der Waals surface area (Å²) in [6, 6.07) is 4.88. The van der Waals surface area contributed by atoms with E-state index in [4.69, 9.17) is 9.15 Å². The first-order valence-corrected chi connectivity index (χ1v) is 9.61. The smallest absolute Gasteiger partial charge is 0.253 e. The molecule has 0 bridgehead atoms. The molecular weight excluding hydrogens is 392 g/mol. The second-order valence-electron chi connectivity index (χ2n) is 7.33. The first-order chi connectivity index (χ1) is 14.4. The molecule has 1 amide bonds. The van der Waals surface area contributed by atoms with Gasteiger partial charge in [-0.2, -0.15) is 0 Å². The standard InChI is InChI=1S/C22H21F2N3O3/c1-13(21-25-7-8-30-21)27-20(28)16-9-15-10-17(29-2)11-18(19(15)26-12-16)14-3-5-22(23,24)6-4-14/h3,7-13H,4-6H2,1-2H3,(H,27,28)/t13-/m1/s1. The van der Waals surface area contributed by atoms with Crippen LogP contribution in [-0.4, -0.2) is 28.9 Å². The molecule has 3 aromatic rings. The fraction of sp³-hybridized carbons (Fsp3) is 0.318. The van der Waals surface area contributed by atoms with Crippen LogP contribution >= 0.6 is 0 Å². The lowest BCUT2D eigenvalue weighted by Gasteiger charge is -2.22. The van der Waals surface area contributed by atoms with Crippen molar-refractivity contribution in [3.05, 3.63) is 59.9 Å². The molecule has 1 aliphatic carbocycles. The van der Waals surface area contributed by atoms with Gasteiger partial charge in [0, 0.05) is 30.0 Å². The van der Waals surface area contributed by atoms with Gasteiger partial charge in [-0.3, -0.25) is 9.78 Å². The first-order valence-electron chi connectivity index (χ1n) is 9.61.